The van der Waals surface area contributed by atoms with Crippen molar-refractivity contribution in [2.24, 2.45) is 0 Å². The molecule has 2 fully saturated rings. The molecule has 4 atom stereocenters. The molecule has 2 heterocycles. The van der Waals surface area contributed by atoms with Gasteiger partial charge >= 0.3 is 12.2 Å². The lowest BCUT2D eigenvalue weighted by molar-refractivity contribution is -0.125. The number of carbonyl (C=O) groups excluding carboxylic acids is 4. The van der Waals surface area contributed by atoms with Crippen molar-refractivity contribution in [2.75, 3.05) is 0 Å². The van der Waals surface area contributed by atoms with E-state index in [1.807, 2.05) is 69.2 Å². The van der Waals surface area contributed by atoms with Gasteiger partial charge in [-0.1, -0.05) is 0 Å². The first-order valence-corrected chi connectivity index (χ1v) is 11.5. The third-order valence-electron chi connectivity index (χ3n) is 5.20. The van der Waals surface area contributed by atoms with Crippen molar-refractivity contribution in [3.63, 3.8) is 0 Å². The van der Waals surface area contributed by atoms with Crippen molar-refractivity contribution in [1.82, 2.24) is 9.80 Å². The van der Waals surface area contributed by atoms with Gasteiger partial charge in [0.15, 0.2) is 0 Å². The van der Waals surface area contributed by atoms with E-state index in [2.05, 4.69) is 0 Å². The molecule has 8 nitrogen and oxygen atoms in total. The van der Waals surface area contributed by atoms with E-state index in [0.717, 1.165) is 0 Å². The second kappa shape index (κ2) is 10.7. The van der Waals surface area contributed by atoms with Crippen LogP contribution in [0.5, 0.6) is 0 Å². The Morgan fingerprint density at radius 2 is 0.844 bits per heavy atom. The second-order valence-corrected chi connectivity index (χ2v) is 11.1. The van der Waals surface area contributed by atoms with Gasteiger partial charge < -0.3 is 19.3 Å². The fourth-order valence-electron chi connectivity index (χ4n) is 4.10. The van der Waals surface area contributed by atoms with Crippen LogP contribution >= 0.6 is 0 Å². The van der Waals surface area contributed by atoms with Crippen LogP contribution in [0.25, 0.3) is 0 Å². The summed E-state index contributed by atoms with van der Waals surface area (Å²) in [6.45, 7) is 18.6. The predicted molar refractivity (Wildman–Crippen MR) is 122 cm³/mol. The summed E-state index contributed by atoms with van der Waals surface area (Å²) in [6, 6.07) is -0.255. The van der Waals surface area contributed by atoms with E-state index >= 15 is 0 Å². The van der Waals surface area contributed by atoms with Crippen LogP contribution in [0.15, 0.2) is 0 Å². The van der Waals surface area contributed by atoms with Crippen LogP contribution in [-0.2, 0) is 19.1 Å². The van der Waals surface area contributed by atoms with Gasteiger partial charge in [0.2, 0.25) is 0 Å². The van der Waals surface area contributed by atoms with E-state index < -0.39 is 11.2 Å². The number of rotatable bonds is 0. The van der Waals surface area contributed by atoms with E-state index in [1.165, 1.54) is 0 Å². The lowest BCUT2D eigenvalue weighted by Crippen LogP contribution is -2.51. The molecule has 4 unspecified atom stereocenters. The highest BCUT2D eigenvalue weighted by Crippen LogP contribution is 2.24. The van der Waals surface area contributed by atoms with Gasteiger partial charge in [0, 0.05) is 49.9 Å². The van der Waals surface area contributed by atoms with Crippen LogP contribution in [0.2, 0.25) is 0 Å². The number of ether oxygens (including phenoxy) is 2. The van der Waals surface area contributed by atoms with E-state index in [4.69, 9.17) is 9.47 Å². The van der Waals surface area contributed by atoms with Gasteiger partial charge in [-0.15, -0.1) is 0 Å². The Morgan fingerprint density at radius 1 is 0.625 bits per heavy atom. The van der Waals surface area contributed by atoms with Gasteiger partial charge in [-0.2, -0.15) is 0 Å². The fraction of sp³-hybridized carbons (Fsp3) is 0.833. The number of Topliss-reactive ketones (excluding diaryl/α,β-unsaturated/α-hetero) is 2. The minimum absolute atomic E-state index is 0.0638. The number of carbonyl (C=O) groups is 4. The third-order valence-corrected chi connectivity index (χ3v) is 5.20. The summed E-state index contributed by atoms with van der Waals surface area (Å²) in [5, 5.41) is 0. The number of ketones is 2. The first-order chi connectivity index (χ1) is 14.4. The molecule has 0 saturated carbocycles. The lowest BCUT2D eigenvalue weighted by atomic mass is 9.97. The van der Waals surface area contributed by atoms with Gasteiger partial charge in [-0.25, -0.2) is 9.59 Å². The van der Waals surface area contributed by atoms with Crippen LogP contribution < -0.4 is 0 Å². The molecule has 2 rings (SSSR count). The Kier molecular flexibility index (Phi) is 9.30. The molecule has 2 aliphatic rings. The molecule has 0 aliphatic carbocycles. The molecule has 0 spiro atoms. The average molecular weight is 455 g/mol. The predicted octanol–water partition coefficient (Wildman–Crippen LogP) is 4.73. The molecule has 2 amide bonds. The maximum absolute atomic E-state index is 11.9. The zero-order valence-electron chi connectivity index (χ0n) is 21.5. The number of hydrogen-bond donors (Lipinski definition) is 0. The average Bonchev–Trinajstić information content (AvgIpc) is 2.49. The van der Waals surface area contributed by atoms with E-state index in [9.17, 15) is 19.2 Å². The first kappa shape index (κ1) is 27.9. The largest absolute Gasteiger partial charge is 0.444 e. The van der Waals surface area contributed by atoms with Crippen molar-refractivity contribution < 1.29 is 28.7 Å². The van der Waals surface area contributed by atoms with Crippen molar-refractivity contribution in [3.05, 3.63) is 0 Å². The summed E-state index contributed by atoms with van der Waals surface area (Å²) in [4.78, 5) is 49.9. The highest BCUT2D eigenvalue weighted by atomic mass is 16.6. The molecule has 0 aromatic rings. The minimum atomic E-state index is -0.488. The SMILES string of the molecule is CC1CC(=O)CC(C)N1C(=O)OC(C)(C)C.CC1CC(=O)CC(C)N1C(=O)OC(C)(C)C. The first-order valence-electron chi connectivity index (χ1n) is 11.5. The van der Waals surface area contributed by atoms with E-state index in [1.54, 1.807) is 9.80 Å². The zero-order valence-corrected chi connectivity index (χ0v) is 21.5. The van der Waals surface area contributed by atoms with Crippen molar-refractivity contribution in [1.29, 1.82) is 0 Å². The number of piperidine rings is 2. The summed E-state index contributed by atoms with van der Waals surface area (Å²) < 4.78 is 10.7. The maximum atomic E-state index is 11.9. The molecule has 184 valence electrons. The summed E-state index contributed by atoms with van der Waals surface area (Å²) in [7, 11) is 0. The topological polar surface area (TPSA) is 93.2 Å². The summed E-state index contributed by atoms with van der Waals surface area (Å²) >= 11 is 0. The summed E-state index contributed by atoms with van der Waals surface area (Å²) in [5.41, 5.74) is -0.976. The molecular weight excluding hydrogens is 412 g/mol. The third kappa shape index (κ3) is 8.79. The molecule has 32 heavy (non-hydrogen) atoms. The quantitative estimate of drug-likeness (QED) is 0.525. The molecule has 0 aromatic heterocycles. The molecule has 0 bridgehead atoms. The fourth-order valence-corrected chi connectivity index (χ4v) is 4.10. The maximum Gasteiger partial charge on any atom is 0.410 e. The second-order valence-electron chi connectivity index (χ2n) is 11.1. The Morgan fingerprint density at radius 3 is 1.03 bits per heavy atom. The molecule has 0 aromatic carbocycles. The summed E-state index contributed by atoms with van der Waals surface area (Å²) in [6.07, 6.45) is 1.10. The molecule has 0 radical (unpaired) electrons. The van der Waals surface area contributed by atoms with Crippen molar-refractivity contribution in [2.45, 2.75) is 130 Å². The molecule has 8 heteroatoms. The number of amides is 2. The summed E-state index contributed by atoms with van der Waals surface area (Å²) in [5.74, 6) is 0.444. The Balaban J connectivity index is 0.000000320. The Labute approximate surface area is 193 Å². The smallest absolute Gasteiger partial charge is 0.410 e. The highest BCUT2D eigenvalue weighted by Gasteiger charge is 2.36. The van der Waals surface area contributed by atoms with Crippen molar-refractivity contribution >= 4 is 23.8 Å². The van der Waals surface area contributed by atoms with Gasteiger partial charge in [0.05, 0.1) is 0 Å². The molecule has 2 aliphatic heterocycles. The Hall–Kier alpha value is -2.12. The minimum Gasteiger partial charge on any atom is -0.444 e. The van der Waals surface area contributed by atoms with Crippen LogP contribution in [0, 0.1) is 0 Å². The normalized spacial score (nSPS) is 26.8. The molecular formula is C24H42N2O6. The number of hydrogen-bond acceptors (Lipinski definition) is 6. The van der Waals surface area contributed by atoms with Crippen molar-refractivity contribution in [3.8, 4) is 0 Å². The van der Waals surface area contributed by atoms with Crippen LogP contribution in [-0.4, -0.2) is 68.9 Å². The van der Waals surface area contributed by atoms with Gasteiger partial charge in [0.25, 0.3) is 0 Å². The lowest BCUT2D eigenvalue weighted by Gasteiger charge is -2.38. The van der Waals surface area contributed by atoms with Gasteiger partial charge in [0.1, 0.15) is 22.8 Å². The van der Waals surface area contributed by atoms with Gasteiger partial charge in [-0.05, 0) is 69.2 Å². The molecule has 2 saturated heterocycles. The van der Waals surface area contributed by atoms with Crippen LogP contribution in [0.3, 0.4) is 0 Å². The molecule has 0 N–H and O–H groups in total. The standard InChI is InChI=1S/2C12H21NO3/c2*1-8-6-10(14)7-9(2)13(8)11(15)16-12(3,4)5/h2*8-9H,6-7H2,1-5H3. The van der Waals surface area contributed by atoms with E-state index in [0.29, 0.717) is 25.7 Å². The van der Waals surface area contributed by atoms with Crippen LogP contribution in [0.1, 0.15) is 94.9 Å². The monoisotopic (exact) mass is 454 g/mol. The van der Waals surface area contributed by atoms with Gasteiger partial charge in [-0.3, -0.25) is 9.59 Å². The Bertz CT molecular complexity index is 618. The highest BCUT2D eigenvalue weighted by molar-refractivity contribution is 5.83. The number of likely N-dealkylation sites (tertiary alicyclic amines) is 2. The van der Waals surface area contributed by atoms with E-state index in [-0.39, 0.29) is 47.9 Å². The number of nitrogens with zero attached hydrogens (tertiary/aromatic N) is 2. The zero-order chi connectivity index (χ0) is 25.0. The van der Waals surface area contributed by atoms with Crippen LogP contribution in [0.4, 0.5) is 9.59 Å².